The van der Waals surface area contributed by atoms with Gasteiger partial charge in [-0.25, -0.2) is 4.98 Å². The van der Waals surface area contributed by atoms with Gasteiger partial charge in [-0.05, 0) is 39.8 Å². The number of hydrogen-bond acceptors (Lipinski definition) is 4. The van der Waals surface area contributed by atoms with E-state index in [4.69, 9.17) is 0 Å². The van der Waals surface area contributed by atoms with Gasteiger partial charge in [0.25, 0.3) is 0 Å². The van der Waals surface area contributed by atoms with Gasteiger partial charge in [0.05, 0.1) is 10.7 Å². The zero-order valence-electron chi connectivity index (χ0n) is 11.8. The summed E-state index contributed by atoms with van der Waals surface area (Å²) in [6.07, 6.45) is 3.73. The summed E-state index contributed by atoms with van der Waals surface area (Å²) in [5.41, 5.74) is 1.20. The number of nitrogens with one attached hydrogen (secondary N) is 1. The fraction of sp³-hybridized carbons (Fsp3) is 0.786. The molecule has 0 spiro atoms. The van der Waals surface area contributed by atoms with Crippen molar-refractivity contribution in [2.45, 2.75) is 46.1 Å². The summed E-state index contributed by atoms with van der Waals surface area (Å²) < 4.78 is 0. The molecule has 0 aliphatic carbocycles. The molecule has 0 amide bonds. The van der Waals surface area contributed by atoms with Crippen LogP contribution in [0.1, 0.15) is 35.3 Å². The lowest BCUT2D eigenvalue weighted by atomic mass is 10.1. The van der Waals surface area contributed by atoms with Crippen LogP contribution >= 0.6 is 11.3 Å². The van der Waals surface area contributed by atoms with Crippen LogP contribution in [0.15, 0.2) is 0 Å². The third-order valence-electron chi connectivity index (χ3n) is 3.80. The van der Waals surface area contributed by atoms with Crippen molar-refractivity contribution in [3.8, 4) is 0 Å². The van der Waals surface area contributed by atoms with Gasteiger partial charge in [0.1, 0.15) is 0 Å². The monoisotopic (exact) mass is 267 g/mol. The van der Waals surface area contributed by atoms with E-state index in [9.17, 15) is 0 Å². The van der Waals surface area contributed by atoms with E-state index in [1.165, 1.54) is 48.1 Å². The topological polar surface area (TPSA) is 28.2 Å². The number of thiazole rings is 1. The smallest absolute Gasteiger partial charge is 0.0943 e. The highest BCUT2D eigenvalue weighted by Gasteiger charge is 2.17. The lowest BCUT2D eigenvalue weighted by Gasteiger charge is -2.32. The van der Waals surface area contributed by atoms with Crippen molar-refractivity contribution in [2.24, 2.45) is 0 Å². The summed E-state index contributed by atoms with van der Waals surface area (Å²) in [6.45, 7) is 11.3. The summed E-state index contributed by atoms with van der Waals surface area (Å²) in [4.78, 5) is 8.49. The van der Waals surface area contributed by atoms with E-state index < -0.39 is 0 Å². The summed E-state index contributed by atoms with van der Waals surface area (Å²) in [6, 6.07) is 0.681. The number of likely N-dealkylation sites (tertiary alicyclic amines) is 1. The molecule has 0 radical (unpaired) electrons. The van der Waals surface area contributed by atoms with Gasteiger partial charge in [-0.15, -0.1) is 11.3 Å². The lowest BCUT2D eigenvalue weighted by molar-refractivity contribution is 0.199. The van der Waals surface area contributed by atoms with Crippen molar-refractivity contribution in [3.63, 3.8) is 0 Å². The fourth-order valence-electron chi connectivity index (χ4n) is 2.54. The zero-order chi connectivity index (χ0) is 13.0. The molecule has 102 valence electrons. The molecule has 1 aliphatic heterocycles. The first-order chi connectivity index (χ1) is 8.69. The Hall–Kier alpha value is -0.450. The Balaban J connectivity index is 1.71. The number of piperidine rings is 1. The maximum absolute atomic E-state index is 4.59. The van der Waals surface area contributed by atoms with Crippen LogP contribution in [0.3, 0.4) is 0 Å². The van der Waals surface area contributed by atoms with Crippen LogP contribution in [0.2, 0.25) is 0 Å². The molecule has 0 aromatic carbocycles. The molecule has 1 fully saturated rings. The molecule has 1 aromatic rings. The van der Waals surface area contributed by atoms with Gasteiger partial charge in [0, 0.05) is 30.4 Å². The van der Waals surface area contributed by atoms with Gasteiger partial charge < -0.3 is 10.2 Å². The minimum atomic E-state index is 0.681. The molecule has 0 saturated carbocycles. The highest BCUT2D eigenvalue weighted by atomic mass is 32.1. The van der Waals surface area contributed by atoms with Gasteiger partial charge in [0.15, 0.2) is 0 Å². The number of hydrogen-bond donors (Lipinski definition) is 1. The first-order valence-electron chi connectivity index (χ1n) is 7.07. The Morgan fingerprint density at radius 1 is 1.44 bits per heavy atom. The summed E-state index contributed by atoms with van der Waals surface area (Å²) in [7, 11) is 0. The third-order valence-corrected chi connectivity index (χ3v) is 4.93. The molecule has 0 bridgehead atoms. The standard InChI is InChI=1S/C14H25N3S/c1-4-17-9-5-6-13(10-17)15-8-7-14-16-11(2)12(3)18-14/h13,15H,4-10H2,1-3H3/t13-/m1/s1. The molecule has 2 heterocycles. The molecule has 1 N–H and O–H groups in total. The molecule has 4 heteroatoms. The van der Waals surface area contributed by atoms with E-state index in [0.29, 0.717) is 6.04 Å². The predicted molar refractivity (Wildman–Crippen MR) is 78.4 cm³/mol. The van der Waals surface area contributed by atoms with E-state index in [2.05, 4.69) is 36.0 Å². The van der Waals surface area contributed by atoms with E-state index in [1.807, 2.05) is 11.3 Å². The van der Waals surface area contributed by atoms with Gasteiger partial charge in [-0.1, -0.05) is 6.92 Å². The third kappa shape index (κ3) is 3.77. The van der Waals surface area contributed by atoms with E-state index >= 15 is 0 Å². The Morgan fingerprint density at radius 3 is 2.94 bits per heavy atom. The minimum Gasteiger partial charge on any atom is -0.312 e. The number of likely N-dealkylation sites (N-methyl/N-ethyl adjacent to an activating group) is 1. The van der Waals surface area contributed by atoms with Crippen LogP contribution in [-0.2, 0) is 6.42 Å². The number of rotatable bonds is 5. The average Bonchev–Trinajstić information content (AvgIpc) is 2.69. The molecule has 1 atom stereocenters. The van der Waals surface area contributed by atoms with Crippen molar-refractivity contribution in [3.05, 3.63) is 15.6 Å². The summed E-state index contributed by atoms with van der Waals surface area (Å²) in [5.74, 6) is 0. The van der Waals surface area contributed by atoms with Crippen molar-refractivity contribution in [1.82, 2.24) is 15.2 Å². The van der Waals surface area contributed by atoms with E-state index in [0.717, 1.165) is 13.0 Å². The molecule has 1 aromatic heterocycles. The highest BCUT2D eigenvalue weighted by molar-refractivity contribution is 7.11. The van der Waals surface area contributed by atoms with Crippen LogP contribution in [0.25, 0.3) is 0 Å². The second-order valence-corrected chi connectivity index (χ2v) is 6.47. The van der Waals surface area contributed by atoms with Crippen LogP contribution in [0.4, 0.5) is 0 Å². The van der Waals surface area contributed by atoms with E-state index in [-0.39, 0.29) is 0 Å². The predicted octanol–water partition coefficient (Wildman–Crippen LogP) is 2.38. The van der Waals surface area contributed by atoms with Crippen molar-refractivity contribution in [2.75, 3.05) is 26.2 Å². The van der Waals surface area contributed by atoms with Gasteiger partial charge in [0.2, 0.25) is 0 Å². The Kier molecular flexibility index (Phi) is 5.15. The number of nitrogens with zero attached hydrogens (tertiary/aromatic N) is 2. The van der Waals surface area contributed by atoms with Crippen LogP contribution in [0, 0.1) is 13.8 Å². The van der Waals surface area contributed by atoms with Crippen LogP contribution < -0.4 is 5.32 Å². The molecule has 18 heavy (non-hydrogen) atoms. The fourth-order valence-corrected chi connectivity index (χ4v) is 3.47. The molecular weight excluding hydrogens is 242 g/mol. The Bertz CT molecular complexity index is 356. The quantitative estimate of drug-likeness (QED) is 0.888. The highest BCUT2D eigenvalue weighted by Crippen LogP contribution is 2.16. The van der Waals surface area contributed by atoms with Gasteiger partial charge in [-0.3, -0.25) is 0 Å². The second kappa shape index (κ2) is 6.64. The lowest BCUT2D eigenvalue weighted by Crippen LogP contribution is -2.46. The maximum atomic E-state index is 4.59. The maximum Gasteiger partial charge on any atom is 0.0943 e. The van der Waals surface area contributed by atoms with Crippen molar-refractivity contribution in [1.29, 1.82) is 0 Å². The Labute approximate surface area is 115 Å². The largest absolute Gasteiger partial charge is 0.312 e. The average molecular weight is 267 g/mol. The van der Waals surface area contributed by atoms with E-state index in [1.54, 1.807) is 0 Å². The molecule has 3 nitrogen and oxygen atoms in total. The summed E-state index contributed by atoms with van der Waals surface area (Å²) in [5, 5.41) is 4.97. The van der Waals surface area contributed by atoms with Crippen molar-refractivity contribution >= 4 is 11.3 Å². The molecule has 0 unspecified atom stereocenters. The minimum absolute atomic E-state index is 0.681. The molecule has 1 saturated heterocycles. The number of aromatic nitrogens is 1. The first kappa shape index (κ1) is 14.0. The molecule has 2 rings (SSSR count). The first-order valence-corrected chi connectivity index (χ1v) is 7.89. The zero-order valence-corrected chi connectivity index (χ0v) is 12.6. The molecular formula is C14H25N3S. The van der Waals surface area contributed by atoms with Gasteiger partial charge >= 0.3 is 0 Å². The van der Waals surface area contributed by atoms with Crippen LogP contribution in [0.5, 0.6) is 0 Å². The number of aryl methyl sites for hydroxylation is 2. The van der Waals surface area contributed by atoms with Crippen LogP contribution in [-0.4, -0.2) is 42.1 Å². The molecule has 1 aliphatic rings. The van der Waals surface area contributed by atoms with Crippen molar-refractivity contribution < 1.29 is 0 Å². The Morgan fingerprint density at radius 2 is 2.28 bits per heavy atom. The van der Waals surface area contributed by atoms with Gasteiger partial charge in [-0.2, -0.15) is 0 Å². The second-order valence-electron chi connectivity index (χ2n) is 5.19. The normalized spacial score (nSPS) is 21.4. The summed E-state index contributed by atoms with van der Waals surface area (Å²) >= 11 is 1.84. The SMILES string of the molecule is CCN1CCC[C@@H](NCCc2nc(C)c(C)s2)C1.